The van der Waals surface area contributed by atoms with Crippen LogP contribution in [0.2, 0.25) is 0 Å². The SMILES string of the molecule is CCc1c(C)c2c(c(O)c1CC=C1CCC[C@H]1CC(=O)O)C(=O)OC2. The van der Waals surface area contributed by atoms with E-state index in [-0.39, 0.29) is 24.7 Å². The molecule has 0 bridgehead atoms. The summed E-state index contributed by atoms with van der Waals surface area (Å²) in [7, 11) is 0. The van der Waals surface area contributed by atoms with Gasteiger partial charge in [0, 0.05) is 11.1 Å². The number of phenolic OH excluding ortho intramolecular Hbond substituents is 1. The molecule has 0 radical (unpaired) electrons. The minimum Gasteiger partial charge on any atom is -0.507 e. The van der Waals surface area contributed by atoms with E-state index in [0.29, 0.717) is 12.0 Å². The average molecular weight is 344 g/mol. The zero-order valence-electron chi connectivity index (χ0n) is 14.7. The van der Waals surface area contributed by atoms with E-state index in [0.717, 1.165) is 53.5 Å². The molecular weight excluding hydrogens is 320 g/mol. The monoisotopic (exact) mass is 344 g/mol. The van der Waals surface area contributed by atoms with Crippen molar-refractivity contribution in [1.29, 1.82) is 0 Å². The fraction of sp³-hybridized carbons (Fsp3) is 0.500. The van der Waals surface area contributed by atoms with E-state index in [1.807, 2.05) is 13.8 Å². The molecule has 1 saturated carbocycles. The second-order valence-corrected chi connectivity index (χ2v) is 6.88. The van der Waals surface area contributed by atoms with E-state index >= 15 is 0 Å². The van der Waals surface area contributed by atoms with Gasteiger partial charge in [-0.1, -0.05) is 18.6 Å². The number of ether oxygens (including phenoxy) is 1. The first-order valence-corrected chi connectivity index (χ1v) is 8.88. The van der Waals surface area contributed by atoms with E-state index in [2.05, 4.69) is 6.08 Å². The molecule has 2 aliphatic rings. The van der Waals surface area contributed by atoms with Gasteiger partial charge in [-0.3, -0.25) is 4.79 Å². The molecule has 0 spiro atoms. The summed E-state index contributed by atoms with van der Waals surface area (Å²) in [5.74, 6) is -1.11. The predicted octanol–water partition coefficient (Wildman–Crippen LogP) is 3.68. The summed E-state index contributed by atoms with van der Waals surface area (Å²) in [6, 6.07) is 0. The van der Waals surface area contributed by atoms with Gasteiger partial charge in [-0.15, -0.1) is 0 Å². The van der Waals surface area contributed by atoms with Gasteiger partial charge in [0.1, 0.15) is 17.9 Å². The van der Waals surface area contributed by atoms with Crippen LogP contribution in [0.1, 0.15) is 65.2 Å². The largest absolute Gasteiger partial charge is 0.507 e. The molecule has 25 heavy (non-hydrogen) atoms. The number of aromatic hydroxyl groups is 1. The molecule has 1 aliphatic carbocycles. The van der Waals surface area contributed by atoms with Gasteiger partial charge < -0.3 is 14.9 Å². The molecule has 1 atom stereocenters. The average Bonchev–Trinajstić information content (AvgIpc) is 3.15. The van der Waals surface area contributed by atoms with Crippen molar-refractivity contribution in [2.75, 3.05) is 0 Å². The Morgan fingerprint density at radius 3 is 2.80 bits per heavy atom. The maximum Gasteiger partial charge on any atom is 0.342 e. The molecule has 3 rings (SSSR count). The molecule has 1 heterocycles. The lowest BCUT2D eigenvalue weighted by Crippen LogP contribution is -2.07. The van der Waals surface area contributed by atoms with Crippen LogP contribution in [0.4, 0.5) is 0 Å². The number of benzene rings is 1. The third kappa shape index (κ3) is 3.15. The second-order valence-electron chi connectivity index (χ2n) is 6.88. The van der Waals surface area contributed by atoms with Crippen LogP contribution in [0.3, 0.4) is 0 Å². The number of carboxylic acid groups (broad SMARTS) is 1. The number of carboxylic acids is 1. The number of cyclic esters (lactones) is 1. The van der Waals surface area contributed by atoms with Crippen molar-refractivity contribution in [2.24, 2.45) is 5.92 Å². The van der Waals surface area contributed by atoms with Crippen LogP contribution in [-0.4, -0.2) is 22.2 Å². The first-order chi connectivity index (χ1) is 11.9. The standard InChI is InChI=1S/C20H24O5/c1-3-14-11(2)16-10-25-20(24)18(16)19(23)15(14)8-7-12-5-4-6-13(12)9-17(21)22/h7,13,23H,3-6,8-10H2,1-2H3,(H,21,22)/t13-/m0/s1. The fourth-order valence-electron chi connectivity index (χ4n) is 4.23. The predicted molar refractivity (Wildman–Crippen MR) is 92.7 cm³/mol. The van der Waals surface area contributed by atoms with Crippen molar-refractivity contribution in [2.45, 2.75) is 59.0 Å². The smallest absolute Gasteiger partial charge is 0.342 e. The van der Waals surface area contributed by atoms with Crippen LogP contribution in [0, 0.1) is 12.8 Å². The number of carbonyl (C=O) groups excluding carboxylic acids is 1. The van der Waals surface area contributed by atoms with Gasteiger partial charge in [0.2, 0.25) is 0 Å². The minimum atomic E-state index is -0.772. The van der Waals surface area contributed by atoms with Crippen LogP contribution >= 0.6 is 0 Å². The van der Waals surface area contributed by atoms with Crippen LogP contribution < -0.4 is 0 Å². The summed E-state index contributed by atoms with van der Waals surface area (Å²) in [5, 5.41) is 19.7. The van der Waals surface area contributed by atoms with Gasteiger partial charge in [-0.2, -0.15) is 0 Å². The van der Waals surface area contributed by atoms with Crippen LogP contribution in [0.25, 0.3) is 0 Å². The van der Waals surface area contributed by atoms with Gasteiger partial charge in [-0.05, 0) is 56.1 Å². The number of carbonyl (C=O) groups is 2. The van der Waals surface area contributed by atoms with E-state index in [4.69, 9.17) is 9.84 Å². The third-order valence-corrected chi connectivity index (χ3v) is 5.53. The highest BCUT2D eigenvalue weighted by Crippen LogP contribution is 2.39. The molecular formula is C20H24O5. The summed E-state index contributed by atoms with van der Waals surface area (Å²) in [4.78, 5) is 23.0. The topological polar surface area (TPSA) is 83.8 Å². The highest BCUT2D eigenvalue weighted by molar-refractivity contribution is 5.97. The van der Waals surface area contributed by atoms with Crippen LogP contribution in [0.15, 0.2) is 11.6 Å². The van der Waals surface area contributed by atoms with Gasteiger partial charge in [-0.25, -0.2) is 4.79 Å². The molecule has 0 amide bonds. The molecule has 5 nitrogen and oxygen atoms in total. The second kappa shape index (κ2) is 6.90. The van der Waals surface area contributed by atoms with E-state index in [9.17, 15) is 14.7 Å². The Morgan fingerprint density at radius 1 is 1.36 bits per heavy atom. The fourth-order valence-corrected chi connectivity index (χ4v) is 4.23. The van der Waals surface area contributed by atoms with Crippen molar-refractivity contribution in [3.8, 4) is 5.75 Å². The number of allylic oxidation sites excluding steroid dienone is 2. The number of hydrogen-bond acceptors (Lipinski definition) is 4. The third-order valence-electron chi connectivity index (χ3n) is 5.53. The van der Waals surface area contributed by atoms with E-state index in [1.165, 1.54) is 0 Å². The molecule has 134 valence electrons. The quantitative estimate of drug-likeness (QED) is 0.629. The Balaban J connectivity index is 1.96. The van der Waals surface area contributed by atoms with Crippen molar-refractivity contribution in [1.82, 2.24) is 0 Å². The summed E-state index contributed by atoms with van der Waals surface area (Å²) >= 11 is 0. The highest BCUT2D eigenvalue weighted by Gasteiger charge is 2.31. The Kier molecular flexibility index (Phi) is 4.84. The Morgan fingerprint density at radius 2 is 2.12 bits per heavy atom. The van der Waals surface area contributed by atoms with Crippen LogP contribution in [-0.2, 0) is 29.0 Å². The molecule has 1 aliphatic heterocycles. The molecule has 5 heteroatoms. The Hall–Kier alpha value is -2.30. The maximum atomic E-state index is 12.0. The van der Waals surface area contributed by atoms with Crippen molar-refractivity contribution in [3.05, 3.63) is 39.5 Å². The van der Waals surface area contributed by atoms with Gasteiger partial charge in [0.05, 0.1) is 6.42 Å². The summed E-state index contributed by atoms with van der Waals surface area (Å²) in [6.07, 6.45) is 6.31. The lowest BCUT2D eigenvalue weighted by atomic mass is 9.88. The molecule has 0 saturated heterocycles. The van der Waals surface area contributed by atoms with Gasteiger partial charge in [0.15, 0.2) is 0 Å². The van der Waals surface area contributed by atoms with Crippen molar-refractivity contribution in [3.63, 3.8) is 0 Å². The zero-order chi connectivity index (χ0) is 18.1. The number of esters is 1. The number of fused-ring (bicyclic) bond motifs is 1. The molecule has 0 aromatic heterocycles. The summed E-state index contributed by atoms with van der Waals surface area (Å²) in [5.41, 5.74) is 5.09. The van der Waals surface area contributed by atoms with E-state index < -0.39 is 11.9 Å². The van der Waals surface area contributed by atoms with Gasteiger partial charge >= 0.3 is 11.9 Å². The number of phenols is 1. The number of hydrogen-bond donors (Lipinski definition) is 2. The van der Waals surface area contributed by atoms with Crippen molar-refractivity contribution >= 4 is 11.9 Å². The van der Waals surface area contributed by atoms with E-state index in [1.54, 1.807) is 0 Å². The first kappa shape index (κ1) is 17.5. The molecule has 1 aromatic carbocycles. The zero-order valence-corrected chi connectivity index (χ0v) is 14.7. The van der Waals surface area contributed by atoms with Crippen LogP contribution in [0.5, 0.6) is 5.75 Å². The number of aliphatic carboxylic acids is 1. The van der Waals surface area contributed by atoms with Gasteiger partial charge in [0.25, 0.3) is 0 Å². The number of rotatable bonds is 5. The summed E-state index contributed by atoms with van der Waals surface area (Å²) in [6.45, 7) is 4.23. The lowest BCUT2D eigenvalue weighted by Gasteiger charge is -2.16. The normalized spacial score (nSPS) is 20.8. The molecule has 2 N–H and O–H groups in total. The summed E-state index contributed by atoms with van der Waals surface area (Å²) < 4.78 is 5.10. The molecule has 1 fully saturated rings. The lowest BCUT2D eigenvalue weighted by molar-refractivity contribution is -0.137. The molecule has 0 unspecified atom stereocenters. The minimum absolute atomic E-state index is 0.0320. The maximum absolute atomic E-state index is 12.0. The molecule has 1 aromatic rings. The highest BCUT2D eigenvalue weighted by atomic mass is 16.5. The Bertz CT molecular complexity index is 760. The first-order valence-electron chi connectivity index (χ1n) is 8.88. The Labute approximate surface area is 147 Å². The van der Waals surface area contributed by atoms with Crippen molar-refractivity contribution < 1.29 is 24.5 Å².